The van der Waals surface area contributed by atoms with Crippen LogP contribution in [-0.2, 0) is 17.6 Å². The molecule has 0 radical (unpaired) electrons. The van der Waals surface area contributed by atoms with Crippen LogP contribution in [0, 0.1) is 0 Å². The van der Waals surface area contributed by atoms with E-state index in [1.165, 1.54) is 24.0 Å². The van der Waals surface area contributed by atoms with Gasteiger partial charge in [-0.05, 0) is 43.2 Å². The van der Waals surface area contributed by atoms with Gasteiger partial charge in [0.1, 0.15) is 0 Å². The standard InChI is InChI=1S/C16H22O3/c1-2-3-7-12-10-11-13(16-15(12)19-16)8-5-4-6-9-14(17)18/h10-11H,2-9H2,1H3,(H,17,18). The number of hydrogen-bond acceptors (Lipinski definition) is 2. The molecule has 0 unspecified atom stereocenters. The van der Waals surface area contributed by atoms with Gasteiger partial charge in [-0.3, -0.25) is 4.79 Å². The van der Waals surface area contributed by atoms with Crippen LogP contribution in [0.15, 0.2) is 12.1 Å². The summed E-state index contributed by atoms with van der Waals surface area (Å²) in [4.78, 5) is 10.4. The summed E-state index contributed by atoms with van der Waals surface area (Å²) in [7, 11) is 0. The Balaban J connectivity index is 1.76. The molecule has 3 heteroatoms. The van der Waals surface area contributed by atoms with Crippen molar-refractivity contribution >= 4 is 5.97 Å². The predicted octanol–water partition coefficient (Wildman–Crippen LogP) is 4.32. The Hall–Kier alpha value is -1.51. The maximum atomic E-state index is 10.4. The Morgan fingerprint density at radius 3 is 2.26 bits per heavy atom. The highest BCUT2D eigenvalue weighted by atomic mass is 16.6. The molecule has 1 heterocycles. The summed E-state index contributed by atoms with van der Waals surface area (Å²) in [6.45, 7) is 2.20. The van der Waals surface area contributed by atoms with Crippen LogP contribution in [0.3, 0.4) is 0 Å². The Bertz CT molecular complexity index is 452. The zero-order valence-corrected chi connectivity index (χ0v) is 11.6. The lowest BCUT2D eigenvalue weighted by molar-refractivity contribution is -0.137. The summed E-state index contributed by atoms with van der Waals surface area (Å²) in [5.41, 5.74) is 2.62. The van der Waals surface area contributed by atoms with Crippen LogP contribution in [0.25, 0.3) is 0 Å². The van der Waals surface area contributed by atoms with Gasteiger partial charge in [-0.15, -0.1) is 0 Å². The van der Waals surface area contributed by atoms with Crippen LogP contribution in [0.5, 0.6) is 11.5 Å². The second-order valence-corrected chi connectivity index (χ2v) is 5.20. The number of ether oxygens (including phenoxy) is 1. The van der Waals surface area contributed by atoms with Crippen molar-refractivity contribution in [2.75, 3.05) is 0 Å². The molecule has 0 atom stereocenters. The number of carbonyl (C=O) groups is 1. The van der Waals surface area contributed by atoms with E-state index in [0.29, 0.717) is 0 Å². The lowest BCUT2D eigenvalue weighted by Crippen LogP contribution is -1.94. The summed E-state index contributed by atoms with van der Waals surface area (Å²) in [5.74, 6) is 1.50. The summed E-state index contributed by atoms with van der Waals surface area (Å²) in [5, 5.41) is 8.56. The predicted molar refractivity (Wildman–Crippen MR) is 74.9 cm³/mol. The highest BCUT2D eigenvalue weighted by Crippen LogP contribution is 2.51. The number of aryl methyl sites for hydroxylation is 2. The molecule has 2 rings (SSSR count). The normalized spacial score (nSPS) is 11.8. The van der Waals surface area contributed by atoms with Gasteiger partial charge >= 0.3 is 5.97 Å². The molecule has 0 aliphatic carbocycles. The molecular formula is C16H22O3. The molecule has 0 spiro atoms. The van der Waals surface area contributed by atoms with Crippen molar-refractivity contribution in [3.8, 4) is 11.5 Å². The summed E-state index contributed by atoms with van der Waals surface area (Å²) >= 11 is 0. The van der Waals surface area contributed by atoms with Gasteiger partial charge in [0.15, 0.2) is 11.5 Å². The van der Waals surface area contributed by atoms with E-state index in [2.05, 4.69) is 19.1 Å². The third-order valence-electron chi connectivity index (χ3n) is 3.57. The highest BCUT2D eigenvalue weighted by Gasteiger charge is 2.27. The average molecular weight is 262 g/mol. The van der Waals surface area contributed by atoms with E-state index in [9.17, 15) is 4.79 Å². The maximum Gasteiger partial charge on any atom is 0.303 e. The second-order valence-electron chi connectivity index (χ2n) is 5.20. The van der Waals surface area contributed by atoms with Crippen LogP contribution < -0.4 is 4.74 Å². The van der Waals surface area contributed by atoms with Gasteiger partial charge in [0.25, 0.3) is 0 Å². The fraction of sp³-hybridized carbons (Fsp3) is 0.562. The van der Waals surface area contributed by atoms with Crippen molar-refractivity contribution in [2.45, 2.75) is 58.3 Å². The van der Waals surface area contributed by atoms with E-state index in [0.717, 1.165) is 43.6 Å². The molecular weight excluding hydrogens is 240 g/mol. The lowest BCUT2D eigenvalue weighted by atomic mass is 10.0. The van der Waals surface area contributed by atoms with Gasteiger partial charge in [-0.2, -0.15) is 0 Å². The van der Waals surface area contributed by atoms with E-state index in [4.69, 9.17) is 9.84 Å². The smallest absolute Gasteiger partial charge is 0.303 e. The van der Waals surface area contributed by atoms with Gasteiger partial charge in [0.05, 0.1) is 0 Å². The van der Waals surface area contributed by atoms with Gasteiger partial charge in [0.2, 0.25) is 0 Å². The molecule has 1 aliphatic rings. The molecule has 0 saturated carbocycles. The first-order chi connectivity index (χ1) is 9.22. The fourth-order valence-corrected chi connectivity index (χ4v) is 2.38. The number of unbranched alkanes of at least 4 members (excludes halogenated alkanes) is 3. The minimum Gasteiger partial charge on any atom is -0.481 e. The quantitative estimate of drug-likeness (QED) is 0.540. The molecule has 0 saturated heterocycles. The number of fused-ring (bicyclic) bond motifs is 1. The maximum absolute atomic E-state index is 10.4. The average Bonchev–Trinajstić information content (AvgIpc) is 3.17. The number of carboxylic acids is 1. The van der Waals surface area contributed by atoms with Gasteiger partial charge < -0.3 is 9.84 Å². The topological polar surface area (TPSA) is 49.8 Å². The van der Waals surface area contributed by atoms with Gasteiger partial charge in [-0.25, -0.2) is 0 Å². The second kappa shape index (κ2) is 6.60. The third-order valence-corrected chi connectivity index (χ3v) is 3.57. The zero-order valence-electron chi connectivity index (χ0n) is 11.6. The van der Waals surface area contributed by atoms with Crippen LogP contribution in [-0.4, -0.2) is 11.1 Å². The van der Waals surface area contributed by atoms with E-state index in [1.807, 2.05) is 0 Å². The molecule has 0 amide bonds. The highest BCUT2D eigenvalue weighted by molar-refractivity contribution is 5.66. The number of aliphatic carboxylic acids is 1. The zero-order chi connectivity index (χ0) is 13.7. The van der Waals surface area contributed by atoms with Crippen molar-refractivity contribution in [1.82, 2.24) is 0 Å². The Morgan fingerprint density at radius 1 is 1.05 bits per heavy atom. The molecule has 3 nitrogen and oxygen atoms in total. The van der Waals surface area contributed by atoms with Crippen molar-refractivity contribution in [2.24, 2.45) is 0 Å². The molecule has 1 aromatic carbocycles. The fourth-order valence-electron chi connectivity index (χ4n) is 2.38. The molecule has 0 fully saturated rings. The molecule has 1 aliphatic heterocycles. The Labute approximate surface area is 114 Å². The van der Waals surface area contributed by atoms with Crippen molar-refractivity contribution < 1.29 is 14.6 Å². The van der Waals surface area contributed by atoms with E-state index >= 15 is 0 Å². The third kappa shape index (κ3) is 3.98. The molecule has 0 bridgehead atoms. The monoisotopic (exact) mass is 262 g/mol. The van der Waals surface area contributed by atoms with Crippen molar-refractivity contribution in [3.63, 3.8) is 0 Å². The van der Waals surface area contributed by atoms with Crippen LogP contribution in [0.4, 0.5) is 0 Å². The molecule has 19 heavy (non-hydrogen) atoms. The number of rotatable bonds is 9. The molecule has 1 aromatic rings. The van der Waals surface area contributed by atoms with Crippen molar-refractivity contribution in [3.05, 3.63) is 23.3 Å². The number of benzene rings is 1. The summed E-state index contributed by atoms with van der Waals surface area (Å²) in [6, 6.07) is 4.36. The minimum absolute atomic E-state index is 0.282. The van der Waals surface area contributed by atoms with Crippen molar-refractivity contribution in [1.29, 1.82) is 0 Å². The molecule has 104 valence electrons. The summed E-state index contributed by atoms with van der Waals surface area (Å²) < 4.78 is 5.60. The van der Waals surface area contributed by atoms with Crippen LogP contribution in [0.2, 0.25) is 0 Å². The minimum atomic E-state index is -0.698. The first-order valence-corrected chi connectivity index (χ1v) is 7.26. The molecule has 0 aromatic heterocycles. The number of carboxylic acid groups (broad SMARTS) is 1. The van der Waals surface area contributed by atoms with E-state index < -0.39 is 5.97 Å². The van der Waals surface area contributed by atoms with Crippen LogP contribution >= 0.6 is 0 Å². The van der Waals surface area contributed by atoms with Crippen LogP contribution in [0.1, 0.15) is 56.6 Å². The van der Waals surface area contributed by atoms with Gasteiger partial charge in [0, 0.05) is 6.42 Å². The largest absolute Gasteiger partial charge is 0.481 e. The first kappa shape index (κ1) is 13.9. The van der Waals surface area contributed by atoms with Gasteiger partial charge in [-0.1, -0.05) is 31.9 Å². The first-order valence-electron chi connectivity index (χ1n) is 7.26. The summed E-state index contributed by atoms with van der Waals surface area (Å²) in [6.07, 6.45) is 7.59. The Kier molecular flexibility index (Phi) is 4.83. The molecule has 1 N–H and O–H groups in total. The lowest BCUT2D eigenvalue weighted by Gasteiger charge is -2.00. The SMILES string of the molecule is CCCCc1ccc(CCCCCC(=O)O)c2c1O2. The Morgan fingerprint density at radius 2 is 1.68 bits per heavy atom. The number of hydrogen-bond donors (Lipinski definition) is 1. The van der Waals surface area contributed by atoms with E-state index in [-0.39, 0.29) is 6.42 Å². The van der Waals surface area contributed by atoms with E-state index in [1.54, 1.807) is 0 Å².